The molecule has 0 aromatic heterocycles. The summed E-state index contributed by atoms with van der Waals surface area (Å²) >= 11 is 1.65. The van der Waals surface area contributed by atoms with Gasteiger partial charge in [-0.3, -0.25) is 5.01 Å². The fourth-order valence-corrected chi connectivity index (χ4v) is 1.29. The average molecular weight is 211 g/mol. The topological polar surface area (TPSA) is 58.4 Å². The summed E-state index contributed by atoms with van der Waals surface area (Å²) < 4.78 is 0. The smallest absolute Gasteiger partial charge is 0.307 e. The standard InChI is InChI=1S/C9H13N3OS/c1-12(10)9(13)11-7-3-5-8(14-2)6-4-7/h3-6H,10H2,1-2H3,(H,11,13). The van der Waals surface area contributed by atoms with Crippen LogP contribution in [-0.4, -0.2) is 24.3 Å². The highest BCUT2D eigenvalue weighted by atomic mass is 32.2. The van der Waals surface area contributed by atoms with E-state index in [4.69, 9.17) is 5.84 Å². The van der Waals surface area contributed by atoms with Gasteiger partial charge in [0.25, 0.3) is 0 Å². The molecule has 0 spiro atoms. The van der Waals surface area contributed by atoms with E-state index in [1.807, 2.05) is 30.5 Å². The minimum Gasteiger partial charge on any atom is -0.307 e. The van der Waals surface area contributed by atoms with E-state index in [0.29, 0.717) is 0 Å². The van der Waals surface area contributed by atoms with Crippen molar-refractivity contribution in [3.05, 3.63) is 24.3 Å². The molecule has 0 bridgehead atoms. The Morgan fingerprint density at radius 2 is 2.00 bits per heavy atom. The van der Waals surface area contributed by atoms with Crippen molar-refractivity contribution >= 4 is 23.5 Å². The number of thioether (sulfide) groups is 1. The second-order valence-corrected chi connectivity index (χ2v) is 3.65. The van der Waals surface area contributed by atoms with Crippen molar-refractivity contribution in [2.24, 2.45) is 5.84 Å². The van der Waals surface area contributed by atoms with E-state index in [1.165, 1.54) is 7.05 Å². The fraction of sp³-hybridized carbons (Fsp3) is 0.222. The zero-order chi connectivity index (χ0) is 10.6. The van der Waals surface area contributed by atoms with Crippen LogP contribution in [0, 0.1) is 0 Å². The van der Waals surface area contributed by atoms with Gasteiger partial charge in [-0.1, -0.05) is 0 Å². The number of amides is 2. The lowest BCUT2D eigenvalue weighted by Crippen LogP contribution is -2.36. The van der Waals surface area contributed by atoms with Gasteiger partial charge in [-0.25, -0.2) is 10.6 Å². The van der Waals surface area contributed by atoms with Gasteiger partial charge in [0.05, 0.1) is 0 Å². The molecule has 0 aliphatic rings. The Labute approximate surface area is 87.4 Å². The van der Waals surface area contributed by atoms with Gasteiger partial charge >= 0.3 is 6.03 Å². The Morgan fingerprint density at radius 1 is 1.43 bits per heavy atom. The first-order valence-electron chi connectivity index (χ1n) is 4.07. The molecule has 3 N–H and O–H groups in total. The zero-order valence-electron chi connectivity index (χ0n) is 8.15. The molecular formula is C9H13N3OS. The van der Waals surface area contributed by atoms with E-state index < -0.39 is 0 Å². The molecule has 0 aliphatic carbocycles. The van der Waals surface area contributed by atoms with Crippen LogP contribution in [0.4, 0.5) is 10.5 Å². The van der Waals surface area contributed by atoms with Gasteiger partial charge in [0.15, 0.2) is 0 Å². The normalized spacial score (nSPS) is 9.64. The van der Waals surface area contributed by atoms with E-state index in [-0.39, 0.29) is 6.03 Å². The highest BCUT2D eigenvalue weighted by Crippen LogP contribution is 2.17. The maximum absolute atomic E-state index is 11.2. The number of carbonyl (C=O) groups is 1. The maximum Gasteiger partial charge on any atom is 0.335 e. The highest BCUT2D eigenvalue weighted by Gasteiger charge is 2.03. The molecule has 5 heteroatoms. The molecule has 1 aromatic carbocycles. The van der Waals surface area contributed by atoms with E-state index in [1.54, 1.807) is 11.8 Å². The molecular weight excluding hydrogens is 198 g/mol. The van der Waals surface area contributed by atoms with Crippen LogP contribution >= 0.6 is 11.8 Å². The first-order chi connectivity index (χ1) is 6.63. The van der Waals surface area contributed by atoms with Crippen molar-refractivity contribution in [3.63, 3.8) is 0 Å². The van der Waals surface area contributed by atoms with Gasteiger partial charge in [0.2, 0.25) is 0 Å². The fourth-order valence-electron chi connectivity index (χ4n) is 0.886. The van der Waals surface area contributed by atoms with Gasteiger partial charge < -0.3 is 5.32 Å². The molecule has 0 fully saturated rings. The largest absolute Gasteiger partial charge is 0.335 e. The number of anilines is 1. The van der Waals surface area contributed by atoms with Crippen LogP contribution < -0.4 is 11.2 Å². The van der Waals surface area contributed by atoms with E-state index >= 15 is 0 Å². The second-order valence-electron chi connectivity index (χ2n) is 2.77. The van der Waals surface area contributed by atoms with Crippen molar-refractivity contribution in [2.45, 2.75) is 4.90 Å². The highest BCUT2D eigenvalue weighted by molar-refractivity contribution is 7.98. The lowest BCUT2D eigenvalue weighted by atomic mass is 10.3. The lowest BCUT2D eigenvalue weighted by Gasteiger charge is -2.11. The first kappa shape index (κ1) is 10.9. The van der Waals surface area contributed by atoms with Gasteiger partial charge in [-0.05, 0) is 30.5 Å². The molecule has 4 nitrogen and oxygen atoms in total. The molecule has 0 saturated heterocycles. The van der Waals surface area contributed by atoms with Crippen LogP contribution in [0.5, 0.6) is 0 Å². The number of nitrogens with one attached hydrogen (secondary N) is 1. The Bertz CT molecular complexity index is 310. The second kappa shape index (κ2) is 4.88. The molecule has 14 heavy (non-hydrogen) atoms. The van der Waals surface area contributed by atoms with Gasteiger partial charge in [-0.2, -0.15) is 0 Å². The number of nitrogens with two attached hydrogens (primary N) is 1. The number of urea groups is 1. The van der Waals surface area contributed by atoms with Crippen LogP contribution in [0.1, 0.15) is 0 Å². The number of hydrogen-bond donors (Lipinski definition) is 2. The van der Waals surface area contributed by atoms with E-state index in [2.05, 4.69) is 5.32 Å². The summed E-state index contributed by atoms with van der Waals surface area (Å²) in [6.07, 6.45) is 2.00. The monoisotopic (exact) mass is 211 g/mol. The van der Waals surface area contributed by atoms with Crippen molar-refractivity contribution in [1.29, 1.82) is 0 Å². The third kappa shape index (κ3) is 2.93. The Kier molecular flexibility index (Phi) is 3.79. The molecule has 0 aliphatic heterocycles. The summed E-state index contributed by atoms with van der Waals surface area (Å²) in [5, 5.41) is 3.65. The Morgan fingerprint density at radius 3 is 2.43 bits per heavy atom. The minimum atomic E-state index is -0.332. The predicted octanol–water partition coefficient (Wildman–Crippen LogP) is 1.75. The molecule has 1 rings (SSSR count). The molecule has 76 valence electrons. The molecule has 1 aromatic rings. The third-order valence-corrected chi connectivity index (χ3v) is 2.41. The number of benzene rings is 1. The first-order valence-corrected chi connectivity index (χ1v) is 5.29. The summed E-state index contributed by atoms with van der Waals surface area (Å²) in [6.45, 7) is 0. The summed E-state index contributed by atoms with van der Waals surface area (Å²) in [4.78, 5) is 12.3. The predicted molar refractivity (Wildman–Crippen MR) is 59.2 cm³/mol. The minimum absolute atomic E-state index is 0.332. The van der Waals surface area contributed by atoms with Crippen LogP contribution in [0.25, 0.3) is 0 Å². The van der Waals surface area contributed by atoms with Crippen LogP contribution in [0.2, 0.25) is 0 Å². The summed E-state index contributed by atoms with van der Waals surface area (Å²) in [5.74, 6) is 5.26. The van der Waals surface area contributed by atoms with Crippen LogP contribution in [-0.2, 0) is 0 Å². The summed E-state index contributed by atoms with van der Waals surface area (Å²) in [6, 6.07) is 7.23. The van der Waals surface area contributed by atoms with E-state index in [9.17, 15) is 4.79 Å². The summed E-state index contributed by atoms with van der Waals surface area (Å²) in [5.41, 5.74) is 0.741. The maximum atomic E-state index is 11.2. The van der Waals surface area contributed by atoms with E-state index in [0.717, 1.165) is 15.6 Å². The van der Waals surface area contributed by atoms with Crippen LogP contribution in [0.15, 0.2) is 29.2 Å². The van der Waals surface area contributed by atoms with Crippen molar-refractivity contribution in [2.75, 3.05) is 18.6 Å². The number of hydrazine groups is 1. The average Bonchev–Trinajstić information content (AvgIpc) is 2.19. The molecule has 0 unspecified atom stereocenters. The SMILES string of the molecule is CSc1ccc(NC(=O)N(C)N)cc1. The number of carbonyl (C=O) groups excluding carboxylic acids is 1. The van der Waals surface area contributed by atoms with Gasteiger partial charge in [-0.15, -0.1) is 11.8 Å². The van der Waals surface area contributed by atoms with Gasteiger partial charge in [0, 0.05) is 17.6 Å². The van der Waals surface area contributed by atoms with Crippen molar-refractivity contribution < 1.29 is 4.79 Å². The molecule has 0 saturated carbocycles. The van der Waals surface area contributed by atoms with Gasteiger partial charge in [0.1, 0.15) is 0 Å². The Hall–Kier alpha value is -1.20. The van der Waals surface area contributed by atoms with Crippen molar-refractivity contribution in [1.82, 2.24) is 5.01 Å². The quantitative estimate of drug-likeness (QED) is 0.339. The lowest BCUT2D eigenvalue weighted by molar-refractivity contribution is 0.223. The number of rotatable bonds is 2. The molecule has 0 radical (unpaired) electrons. The molecule has 0 atom stereocenters. The van der Waals surface area contributed by atoms with Crippen LogP contribution in [0.3, 0.4) is 0 Å². The molecule has 2 amide bonds. The third-order valence-electron chi connectivity index (χ3n) is 1.66. The van der Waals surface area contributed by atoms with Crippen molar-refractivity contribution in [3.8, 4) is 0 Å². The Balaban J connectivity index is 2.64. The number of nitrogens with zero attached hydrogens (tertiary/aromatic N) is 1. The zero-order valence-corrected chi connectivity index (χ0v) is 8.97. The molecule has 0 heterocycles. The summed E-state index contributed by atoms with van der Waals surface area (Å²) in [7, 11) is 1.49. The number of hydrogen-bond acceptors (Lipinski definition) is 3.